The van der Waals surface area contributed by atoms with Gasteiger partial charge < -0.3 is 14.5 Å². The van der Waals surface area contributed by atoms with E-state index >= 15 is 0 Å². The number of fused-ring (bicyclic) bond motifs is 1. The van der Waals surface area contributed by atoms with Gasteiger partial charge in [-0.3, -0.25) is 4.79 Å². The van der Waals surface area contributed by atoms with Crippen molar-refractivity contribution in [3.05, 3.63) is 60.2 Å². The summed E-state index contributed by atoms with van der Waals surface area (Å²) in [5, 5.41) is 3.00. The fourth-order valence-electron chi connectivity index (χ4n) is 3.17. The Balaban J connectivity index is 1.50. The van der Waals surface area contributed by atoms with Crippen molar-refractivity contribution in [2.45, 2.75) is 32.7 Å². The van der Waals surface area contributed by atoms with E-state index < -0.39 is 0 Å². The van der Waals surface area contributed by atoms with Crippen LogP contribution in [-0.2, 0) is 11.2 Å². The normalized spacial score (nSPS) is 16.2. The molecule has 6 heteroatoms. The Hall–Kier alpha value is -2.89. The summed E-state index contributed by atoms with van der Waals surface area (Å²) in [6.45, 7) is 4.03. The summed E-state index contributed by atoms with van der Waals surface area (Å²) in [5.41, 5.74) is 3.96. The van der Waals surface area contributed by atoms with E-state index in [1.54, 1.807) is 6.20 Å². The summed E-state index contributed by atoms with van der Waals surface area (Å²) < 4.78 is 4.00. The quantitative estimate of drug-likeness (QED) is 0.807. The molecule has 0 radical (unpaired) electrons. The van der Waals surface area contributed by atoms with Crippen LogP contribution in [0.3, 0.4) is 0 Å². The van der Waals surface area contributed by atoms with E-state index in [9.17, 15) is 4.79 Å². The van der Waals surface area contributed by atoms with Gasteiger partial charge in [0.1, 0.15) is 11.9 Å². The lowest BCUT2D eigenvalue weighted by Crippen LogP contribution is -2.23. The molecular formula is C18H19N5O. The molecule has 1 unspecified atom stereocenters. The number of aryl methyl sites for hydroxylation is 2. The SMILES string of the molecule is Cc1ncn(-c2ccc(NC(=O)C3CCc4nccn43)cc2)c1C. The number of hydrogen-bond acceptors (Lipinski definition) is 3. The third kappa shape index (κ3) is 2.40. The summed E-state index contributed by atoms with van der Waals surface area (Å²) in [6, 6.07) is 7.65. The molecule has 122 valence electrons. The molecule has 3 aromatic rings. The van der Waals surface area contributed by atoms with Crippen molar-refractivity contribution in [2.75, 3.05) is 5.32 Å². The lowest BCUT2D eigenvalue weighted by Gasteiger charge is -2.14. The highest BCUT2D eigenvalue weighted by atomic mass is 16.2. The number of nitrogens with one attached hydrogen (secondary N) is 1. The van der Waals surface area contributed by atoms with Crippen LogP contribution in [0.5, 0.6) is 0 Å². The maximum Gasteiger partial charge on any atom is 0.247 e. The molecule has 0 saturated heterocycles. The Bertz CT molecular complexity index is 891. The fourth-order valence-corrected chi connectivity index (χ4v) is 3.17. The molecule has 1 aromatic carbocycles. The molecule has 4 rings (SSSR count). The van der Waals surface area contributed by atoms with Crippen molar-refractivity contribution in [1.82, 2.24) is 19.1 Å². The number of nitrogens with zero attached hydrogens (tertiary/aromatic N) is 4. The zero-order chi connectivity index (χ0) is 16.7. The van der Waals surface area contributed by atoms with Gasteiger partial charge in [0.05, 0.1) is 12.0 Å². The van der Waals surface area contributed by atoms with Crippen LogP contribution in [0.25, 0.3) is 5.69 Å². The van der Waals surface area contributed by atoms with Crippen molar-refractivity contribution < 1.29 is 4.79 Å². The number of carbonyl (C=O) groups is 1. The Morgan fingerprint density at radius 1 is 1.21 bits per heavy atom. The monoisotopic (exact) mass is 321 g/mol. The highest BCUT2D eigenvalue weighted by Gasteiger charge is 2.28. The van der Waals surface area contributed by atoms with Crippen molar-refractivity contribution >= 4 is 11.6 Å². The number of rotatable bonds is 3. The van der Waals surface area contributed by atoms with Gasteiger partial charge in [-0.05, 0) is 44.5 Å². The molecule has 0 spiro atoms. The van der Waals surface area contributed by atoms with Crippen molar-refractivity contribution in [3.63, 3.8) is 0 Å². The summed E-state index contributed by atoms with van der Waals surface area (Å²) in [5.74, 6) is 0.991. The standard InChI is InChI=1S/C18H19N5O/c1-12-13(2)23(11-20-12)15-5-3-14(4-6-15)21-18(24)16-7-8-17-19-9-10-22(16)17/h3-6,9-11,16H,7-8H2,1-2H3,(H,21,24). The van der Waals surface area contributed by atoms with Gasteiger partial charge in [0, 0.05) is 35.9 Å². The van der Waals surface area contributed by atoms with Gasteiger partial charge in [-0.25, -0.2) is 9.97 Å². The average Bonchev–Trinajstić information content (AvgIpc) is 3.26. The minimum atomic E-state index is -0.166. The molecule has 0 saturated carbocycles. The Morgan fingerprint density at radius 2 is 2.00 bits per heavy atom. The molecule has 1 N–H and O–H groups in total. The van der Waals surface area contributed by atoms with E-state index in [0.29, 0.717) is 0 Å². The predicted molar refractivity (Wildman–Crippen MR) is 91.3 cm³/mol. The van der Waals surface area contributed by atoms with Crippen LogP contribution >= 0.6 is 0 Å². The highest BCUT2D eigenvalue weighted by Crippen LogP contribution is 2.26. The van der Waals surface area contributed by atoms with Crippen molar-refractivity contribution in [2.24, 2.45) is 0 Å². The Morgan fingerprint density at radius 3 is 2.71 bits per heavy atom. The summed E-state index contributed by atoms with van der Waals surface area (Å²) in [6.07, 6.45) is 7.10. The number of hydrogen-bond donors (Lipinski definition) is 1. The highest BCUT2D eigenvalue weighted by molar-refractivity contribution is 5.94. The number of amides is 1. The Kier molecular flexibility index (Phi) is 3.45. The van der Waals surface area contributed by atoms with E-state index in [-0.39, 0.29) is 11.9 Å². The van der Waals surface area contributed by atoms with E-state index in [1.165, 1.54) is 0 Å². The molecule has 1 aliphatic rings. The van der Waals surface area contributed by atoms with Crippen LogP contribution < -0.4 is 5.32 Å². The number of benzene rings is 1. The zero-order valence-electron chi connectivity index (χ0n) is 13.7. The number of anilines is 1. The lowest BCUT2D eigenvalue weighted by atomic mass is 10.2. The molecular weight excluding hydrogens is 302 g/mol. The van der Waals surface area contributed by atoms with Crippen LogP contribution in [0.4, 0.5) is 5.69 Å². The Labute approximate surface area is 140 Å². The smallest absolute Gasteiger partial charge is 0.247 e. The van der Waals surface area contributed by atoms with Gasteiger partial charge >= 0.3 is 0 Å². The molecule has 1 atom stereocenters. The number of carbonyl (C=O) groups excluding carboxylic acids is 1. The molecule has 24 heavy (non-hydrogen) atoms. The summed E-state index contributed by atoms with van der Waals surface area (Å²) in [4.78, 5) is 21.1. The van der Waals surface area contributed by atoms with Gasteiger partial charge in [-0.1, -0.05) is 0 Å². The minimum Gasteiger partial charge on any atom is -0.324 e. The second-order valence-electron chi connectivity index (χ2n) is 6.13. The van der Waals surface area contributed by atoms with Crippen LogP contribution in [-0.4, -0.2) is 25.0 Å². The number of imidazole rings is 2. The molecule has 0 aliphatic carbocycles. The molecule has 0 fully saturated rings. The van der Waals surface area contributed by atoms with Crippen LogP contribution in [0.15, 0.2) is 43.0 Å². The first-order valence-corrected chi connectivity index (χ1v) is 8.07. The number of aromatic nitrogens is 4. The molecule has 2 aromatic heterocycles. The summed E-state index contributed by atoms with van der Waals surface area (Å²) in [7, 11) is 0. The lowest BCUT2D eigenvalue weighted by molar-refractivity contribution is -0.119. The van der Waals surface area contributed by atoms with Gasteiger partial charge in [0.2, 0.25) is 5.91 Å². The zero-order valence-corrected chi connectivity index (χ0v) is 13.7. The first-order valence-electron chi connectivity index (χ1n) is 8.07. The minimum absolute atomic E-state index is 0.00848. The molecule has 3 heterocycles. The van der Waals surface area contributed by atoms with Gasteiger partial charge in [0.15, 0.2) is 0 Å². The molecule has 6 nitrogen and oxygen atoms in total. The second kappa shape index (κ2) is 5.63. The van der Waals surface area contributed by atoms with Crippen molar-refractivity contribution in [3.8, 4) is 5.69 Å². The topological polar surface area (TPSA) is 64.7 Å². The predicted octanol–water partition coefficient (Wildman–Crippen LogP) is 2.81. The van der Waals surface area contributed by atoms with Crippen LogP contribution in [0.2, 0.25) is 0 Å². The van der Waals surface area contributed by atoms with E-state index in [2.05, 4.69) is 15.3 Å². The maximum atomic E-state index is 12.5. The van der Waals surface area contributed by atoms with Gasteiger partial charge in [-0.15, -0.1) is 0 Å². The van der Waals surface area contributed by atoms with Gasteiger partial charge in [0.25, 0.3) is 0 Å². The van der Waals surface area contributed by atoms with Crippen LogP contribution in [0, 0.1) is 13.8 Å². The third-order valence-electron chi connectivity index (χ3n) is 4.69. The average molecular weight is 321 g/mol. The second-order valence-corrected chi connectivity index (χ2v) is 6.13. The summed E-state index contributed by atoms with van der Waals surface area (Å²) >= 11 is 0. The van der Waals surface area contributed by atoms with Crippen LogP contribution in [0.1, 0.15) is 29.7 Å². The first kappa shape index (κ1) is 14.7. The van der Waals surface area contributed by atoms with Gasteiger partial charge in [-0.2, -0.15) is 0 Å². The maximum absolute atomic E-state index is 12.5. The van der Waals surface area contributed by atoms with E-state index in [1.807, 2.05) is 59.8 Å². The van der Waals surface area contributed by atoms with E-state index in [0.717, 1.165) is 41.4 Å². The third-order valence-corrected chi connectivity index (χ3v) is 4.69. The fraction of sp³-hybridized carbons (Fsp3) is 0.278. The van der Waals surface area contributed by atoms with E-state index in [4.69, 9.17) is 0 Å². The van der Waals surface area contributed by atoms with Crippen molar-refractivity contribution in [1.29, 1.82) is 0 Å². The molecule has 0 bridgehead atoms. The first-order chi connectivity index (χ1) is 11.6. The largest absolute Gasteiger partial charge is 0.324 e. The molecule has 1 amide bonds. The molecule has 1 aliphatic heterocycles.